The molecule has 0 spiro atoms. The minimum absolute atomic E-state index is 1.06. The van der Waals surface area contributed by atoms with Gasteiger partial charge in [-0.15, -0.1) is 0 Å². The van der Waals surface area contributed by atoms with Crippen LogP contribution >= 0.6 is 15.9 Å². The molecule has 1 fully saturated rings. The highest BCUT2D eigenvalue weighted by molar-refractivity contribution is 9.09. The second-order valence-corrected chi connectivity index (χ2v) is 4.48. The van der Waals surface area contributed by atoms with Crippen LogP contribution in [0.25, 0.3) is 0 Å². The van der Waals surface area contributed by atoms with Crippen molar-refractivity contribution in [3.8, 4) is 0 Å². The Hall–Kier alpha value is 0.480. The molecule has 0 N–H and O–H groups in total. The van der Waals surface area contributed by atoms with Crippen LogP contribution in [-0.4, -0.2) is 5.33 Å². The summed E-state index contributed by atoms with van der Waals surface area (Å²) in [5.41, 5.74) is 0. The van der Waals surface area contributed by atoms with E-state index in [1.54, 1.807) is 0 Å². The maximum Gasteiger partial charge on any atom is 0.00314 e. The van der Waals surface area contributed by atoms with Gasteiger partial charge in [-0.2, -0.15) is 0 Å². The Morgan fingerprint density at radius 2 is 1.64 bits per heavy atom. The second-order valence-electron chi connectivity index (χ2n) is 3.69. The molecule has 0 heterocycles. The van der Waals surface area contributed by atoms with Crippen LogP contribution in [0, 0.1) is 5.92 Å². The first-order chi connectivity index (χ1) is 5.43. The molecular weight excluding hydrogens is 200 g/mol. The van der Waals surface area contributed by atoms with Crippen LogP contribution in [0.2, 0.25) is 0 Å². The van der Waals surface area contributed by atoms with E-state index in [-0.39, 0.29) is 0 Å². The molecule has 0 nitrogen and oxygen atoms in total. The standard InChI is InChI=1S/C10H19Br/c11-9-5-8-10-6-3-1-2-4-7-10/h10H,1-9H2. The van der Waals surface area contributed by atoms with E-state index in [4.69, 9.17) is 0 Å². The van der Waals surface area contributed by atoms with Gasteiger partial charge in [0.25, 0.3) is 0 Å². The predicted molar refractivity (Wildman–Crippen MR) is 54.2 cm³/mol. The molecule has 0 radical (unpaired) electrons. The zero-order valence-electron chi connectivity index (χ0n) is 7.32. The lowest BCUT2D eigenvalue weighted by Gasteiger charge is -2.11. The first-order valence-electron chi connectivity index (χ1n) is 4.99. The van der Waals surface area contributed by atoms with Crippen LogP contribution in [0.3, 0.4) is 0 Å². The fourth-order valence-electron chi connectivity index (χ4n) is 2.02. The molecule has 0 amide bonds. The summed E-state index contributed by atoms with van der Waals surface area (Å²) in [6.45, 7) is 0. The third-order valence-electron chi connectivity index (χ3n) is 2.72. The molecule has 1 aliphatic rings. The maximum atomic E-state index is 3.50. The molecule has 1 heteroatoms. The number of hydrogen-bond acceptors (Lipinski definition) is 0. The summed E-state index contributed by atoms with van der Waals surface area (Å²) in [7, 11) is 0. The molecular formula is C10H19Br. The van der Waals surface area contributed by atoms with Gasteiger partial charge in [-0.3, -0.25) is 0 Å². The zero-order chi connectivity index (χ0) is 7.94. The van der Waals surface area contributed by atoms with E-state index in [1.165, 1.54) is 56.7 Å². The van der Waals surface area contributed by atoms with Crippen molar-refractivity contribution < 1.29 is 0 Å². The van der Waals surface area contributed by atoms with E-state index in [0.29, 0.717) is 0 Å². The van der Waals surface area contributed by atoms with Crippen LogP contribution in [0.4, 0.5) is 0 Å². The normalized spacial score (nSPS) is 21.5. The Balaban J connectivity index is 2.09. The Kier molecular flexibility index (Phi) is 5.26. The molecule has 1 aliphatic carbocycles. The van der Waals surface area contributed by atoms with Crippen molar-refractivity contribution in [2.75, 3.05) is 5.33 Å². The van der Waals surface area contributed by atoms with Gasteiger partial charge < -0.3 is 0 Å². The van der Waals surface area contributed by atoms with Gasteiger partial charge in [0, 0.05) is 5.33 Å². The van der Waals surface area contributed by atoms with E-state index in [0.717, 1.165) is 5.92 Å². The fourth-order valence-corrected chi connectivity index (χ4v) is 2.34. The Labute approximate surface area is 78.9 Å². The lowest BCUT2D eigenvalue weighted by molar-refractivity contribution is 0.425. The molecule has 0 unspecified atom stereocenters. The minimum atomic E-state index is 1.06. The highest BCUT2D eigenvalue weighted by Gasteiger charge is 2.10. The van der Waals surface area contributed by atoms with Gasteiger partial charge in [-0.05, 0) is 18.8 Å². The smallest absolute Gasteiger partial charge is 0.00314 e. The monoisotopic (exact) mass is 218 g/mol. The van der Waals surface area contributed by atoms with Gasteiger partial charge in [-0.25, -0.2) is 0 Å². The summed E-state index contributed by atoms with van der Waals surface area (Å²) in [5.74, 6) is 1.06. The zero-order valence-corrected chi connectivity index (χ0v) is 8.91. The summed E-state index contributed by atoms with van der Waals surface area (Å²) in [6.07, 6.45) is 11.8. The third-order valence-corrected chi connectivity index (χ3v) is 3.28. The molecule has 0 aromatic rings. The van der Waals surface area contributed by atoms with Crippen LogP contribution in [0.15, 0.2) is 0 Å². The second kappa shape index (κ2) is 6.05. The van der Waals surface area contributed by atoms with E-state index in [1.807, 2.05) is 0 Å². The average Bonchev–Trinajstić information content (AvgIpc) is 2.28. The molecule has 66 valence electrons. The Morgan fingerprint density at radius 3 is 2.18 bits per heavy atom. The van der Waals surface area contributed by atoms with E-state index in [2.05, 4.69) is 15.9 Å². The fraction of sp³-hybridized carbons (Fsp3) is 1.00. The number of rotatable bonds is 3. The van der Waals surface area contributed by atoms with Gasteiger partial charge in [0.1, 0.15) is 0 Å². The number of alkyl halides is 1. The lowest BCUT2D eigenvalue weighted by atomic mass is 9.96. The minimum Gasteiger partial charge on any atom is -0.0928 e. The molecule has 1 saturated carbocycles. The van der Waals surface area contributed by atoms with Crippen molar-refractivity contribution in [2.45, 2.75) is 51.4 Å². The van der Waals surface area contributed by atoms with Crippen molar-refractivity contribution >= 4 is 15.9 Å². The van der Waals surface area contributed by atoms with Gasteiger partial charge in [0.2, 0.25) is 0 Å². The maximum absolute atomic E-state index is 3.50. The number of hydrogen-bond donors (Lipinski definition) is 0. The quantitative estimate of drug-likeness (QED) is 0.494. The first-order valence-corrected chi connectivity index (χ1v) is 6.11. The first kappa shape index (κ1) is 9.57. The Bertz CT molecular complexity index is 82.9. The number of halogens is 1. The third kappa shape index (κ3) is 4.15. The molecule has 0 atom stereocenters. The van der Waals surface area contributed by atoms with Gasteiger partial charge in [0.15, 0.2) is 0 Å². The highest BCUT2D eigenvalue weighted by atomic mass is 79.9. The van der Waals surface area contributed by atoms with Crippen molar-refractivity contribution in [3.63, 3.8) is 0 Å². The van der Waals surface area contributed by atoms with Gasteiger partial charge >= 0.3 is 0 Å². The largest absolute Gasteiger partial charge is 0.0928 e. The topological polar surface area (TPSA) is 0 Å². The van der Waals surface area contributed by atoms with Crippen LogP contribution < -0.4 is 0 Å². The molecule has 11 heavy (non-hydrogen) atoms. The molecule has 1 rings (SSSR count). The molecule has 0 aromatic carbocycles. The summed E-state index contributed by atoms with van der Waals surface area (Å²) in [5, 5.41) is 1.20. The van der Waals surface area contributed by atoms with E-state index >= 15 is 0 Å². The molecule has 0 aromatic heterocycles. The lowest BCUT2D eigenvalue weighted by Crippen LogP contribution is -1.98. The SMILES string of the molecule is BrCCCC1CCCCCC1. The summed E-state index contributed by atoms with van der Waals surface area (Å²) in [6, 6.07) is 0. The van der Waals surface area contributed by atoms with Crippen molar-refractivity contribution in [1.82, 2.24) is 0 Å². The summed E-state index contributed by atoms with van der Waals surface area (Å²) < 4.78 is 0. The van der Waals surface area contributed by atoms with Crippen molar-refractivity contribution in [3.05, 3.63) is 0 Å². The van der Waals surface area contributed by atoms with Crippen LogP contribution in [0.5, 0.6) is 0 Å². The molecule has 0 aliphatic heterocycles. The van der Waals surface area contributed by atoms with Gasteiger partial charge in [0.05, 0.1) is 0 Å². The molecule has 0 bridgehead atoms. The van der Waals surface area contributed by atoms with E-state index in [9.17, 15) is 0 Å². The average molecular weight is 219 g/mol. The molecule has 0 saturated heterocycles. The highest BCUT2D eigenvalue weighted by Crippen LogP contribution is 2.26. The van der Waals surface area contributed by atoms with Crippen LogP contribution in [-0.2, 0) is 0 Å². The summed E-state index contributed by atoms with van der Waals surface area (Å²) >= 11 is 3.50. The van der Waals surface area contributed by atoms with Crippen molar-refractivity contribution in [2.24, 2.45) is 5.92 Å². The van der Waals surface area contributed by atoms with Crippen LogP contribution in [0.1, 0.15) is 51.4 Å². The summed E-state index contributed by atoms with van der Waals surface area (Å²) in [4.78, 5) is 0. The van der Waals surface area contributed by atoms with E-state index < -0.39 is 0 Å². The Morgan fingerprint density at radius 1 is 1.00 bits per heavy atom. The predicted octanol–water partition coefficient (Wildman–Crippen LogP) is 4.13. The van der Waals surface area contributed by atoms with Crippen molar-refractivity contribution in [1.29, 1.82) is 0 Å². The van der Waals surface area contributed by atoms with Gasteiger partial charge in [-0.1, -0.05) is 54.5 Å².